The maximum absolute atomic E-state index is 13.5. The quantitative estimate of drug-likeness (QED) is 0.512. The van der Waals surface area contributed by atoms with Crippen LogP contribution in [0.5, 0.6) is 0 Å². The Morgan fingerprint density at radius 3 is 2.34 bits per heavy atom. The SMILES string of the molecule is O=C(NCc1ccc(C(F)(F)F)cc1)[C@H]1CCCN1C(=O)C1CCCN(S(=O)(=O)N2CC(c3cccc(Cl)c3)C2)C1. The van der Waals surface area contributed by atoms with Crippen molar-refractivity contribution in [3.63, 3.8) is 0 Å². The molecular weight excluding hydrogens is 581 g/mol. The van der Waals surface area contributed by atoms with Crippen LogP contribution in [-0.2, 0) is 32.5 Å². The second-order valence-corrected chi connectivity index (χ2v) is 13.2. The summed E-state index contributed by atoms with van der Waals surface area (Å²) in [6.07, 6.45) is -2.25. The molecule has 2 atom stereocenters. The number of amides is 2. The number of hydrogen-bond donors (Lipinski definition) is 1. The van der Waals surface area contributed by atoms with Crippen LogP contribution in [0.3, 0.4) is 0 Å². The number of nitrogens with one attached hydrogen (secondary N) is 1. The van der Waals surface area contributed by atoms with E-state index in [2.05, 4.69) is 5.32 Å². The number of rotatable bonds is 7. The Morgan fingerprint density at radius 1 is 0.951 bits per heavy atom. The number of nitrogens with zero attached hydrogens (tertiary/aromatic N) is 3. The van der Waals surface area contributed by atoms with Gasteiger partial charge in [0.05, 0.1) is 11.5 Å². The highest BCUT2D eigenvalue weighted by Gasteiger charge is 2.44. The third-order valence-electron chi connectivity index (χ3n) is 8.14. The van der Waals surface area contributed by atoms with Crippen LogP contribution in [0.2, 0.25) is 5.02 Å². The lowest BCUT2D eigenvalue weighted by Crippen LogP contribution is -2.57. The van der Waals surface area contributed by atoms with Crippen molar-refractivity contribution in [1.82, 2.24) is 18.8 Å². The molecule has 8 nitrogen and oxygen atoms in total. The molecule has 2 aromatic carbocycles. The molecule has 3 aliphatic rings. The topological polar surface area (TPSA) is 90.0 Å². The van der Waals surface area contributed by atoms with Gasteiger partial charge in [-0.3, -0.25) is 9.59 Å². The Bertz CT molecular complexity index is 1380. The van der Waals surface area contributed by atoms with E-state index in [1.165, 1.54) is 25.6 Å². The van der Waals surface area contributed by atoms with Gasteiger partial charge in [-0.1, -0.05) is 35.9 Å². The summed E-state index contributed by atoms with van der Waals surface area (Å²) in [5.74, 6) is -1.09. The van der Waals surface area contributed by atoms with Crippen LogP contribution in [0.25, 0.3) is 0 Å². The van der Waals surface area contributed by atoms with Gasteiger partial charge in [0, 0.05) is 50.2 Å². The summed E-state index contributed by atoms with van der Waals surface area (Å²) in [5, 5.41) is 3.34. The van der Waals surface area contributed by atoms with Gasteiger partial charge in [0.1, 0.15) is 6.04 Å². The number of halogens is 4. The van der Waals surface area contributed by atoms with Gasteiger partial charge >= 0.3 is 6.18 Å². The first kappa shape index (κ1) is 29.8. The highest BCUT2D eigenvalue weighted by atomic mass is 35.5. The first-order valence-corrected chi connectivity index (χ1v) is 15.5. The Kier molecular flexibility index (Phi) is 8.66. The van der Waals surface area contributed by atoms with Gasteiger partial charge in [0.2, 0.25) is 11.8 Å². The van der Waals surface area contributed by atoms with Crippen molar-refractivity contribution in [2.45, 2.75) is 50.4 Å². The lowest BCUT2D eigenvalue weighted by atomic mass is 9.94. The van der Waals surface area contributed by atoms with Gasteiger partial charge < -0.3 is 10.2 Å². The first-order valence-electron chi connectivity index (χ1n) is 13.7. The van der Waals surface area contributed by atoms with Crippen molar-refractivity contribution in [3.8, 4) is 0 Å². The van der Waals surface area contributed by atoms with E-state index in [9.17, 15) is 31.2 Å². The third-order valence-corrected chi connectivity index (χ3v) is 10.3. The monoisotopic (exact) mass is 612 g/mol. The summed E-state index contributed by atoms with van der Waals surface area (Å²) >= 11 is 6.08. The van der Waals surface area contributed by atoms with Crippen LogP contribution in [0.15, 0.2) is 48.5 Å². The molecule has 2 aromatic rings. The van der Waals surface area contributed by atoms with E-state index in [-0.39, 0.29) is 30.8 Å². The molecule has 3 fully saturated rings. The first-order chi connectivity index (χ1) is 19.4. The molecule has 41 heavy (non-hydrogen) atoms. The Hall–Kier alpha value is -2.67. The summed E-state index contributed by atoms with van der Waals surface area (Å²) < 4.78 is 67.9. The van der Waals surface area contributed by atoms with Crippen molar-refractivity contribution >= 4 is 33.6 Å². The van der Waals surface area contributed by atoms with Crippen LogP contribution in [0.1, 0.15) is 48.3 Å². The molecule has 0 spiro atoms. The average Bonchev–Trinajstić information content (AvgIpc) is 3.40. The smallest absolute Gasteiger partial charge is 0.350 e. The lowest BCUT2D eigenvalue weighted by Gasteiger charge is -2.43. The van der Waals surface area contributed by atoms with Gasteiger partial charge in [0.25, 0.3) is 10.2 Å². The number of alkyl halides is 3. The normalized spacial score (nSPS) is 22.9. The van der Waals surface area contributed by atoms with Gasteiger partial charge in [-0.15, -0.1) is 0 Å². The van der Waals surface area contributed by atoms with E-state index in [0.717, 1.165) is 17.7 Å². The summed E-state index contributed by atoms with van der Waals surface area (Å²) in [5.41, 5.74) is 0.741. The van der Waals surface area contributed by atoms with Crippen LogP contribution in [-0.4, -0.2) is 72.5 Å². The zero-order chi connectivity index (χ0) is 29.4. The molecule has 222 valence electrons. The number of hydrogen-bond acceptors (Lipinski definition) is 4. The molecule has 0 aliphatic carbocycles. The van der Waals surface area contributed by atoms with Crippen molar-refractivity contribution in [2.24, 2.45) is 5.92 Å². The van der Waals surface area contributed by atoms with Crippen molar-refractivity contribution in [1.29, 1.82) is 0 Å². The molecule has 1 N–H and O–H groups in total. The molecule has 3 aliphatic heterocycles. The van der Waals surface area contributed by atoms with Gasteiger partial charge in [-0.2, -0.15) is 30.2 Å². The van der Waals surface area contributed by atoms with Crippen LogP contribution < -0.4 is 5.32 Å². The van der Waals surface area contributed by atoms with Crippen molar-refractivity contribution in [3.05, 3.63) is 70.2 Å². The molecule has 0 bridgehead atoms. The molecule has 0 saturated carbocycles. The lowest BCUT2D eigenvalue weighted by molar-refractivity contribution is -0.142. The van der Waals surface area contributed by atoms with E-state index in [1.807, 2.05) is 18.2 Å². The number of carbonyl (C=O) groups excluding carboxylic acids is 2. The van der Waals surface area contributed by atoms with E-state index in [4.69, 9.17) is 11.6 Å². The number of benzene rings is 2. The zero-order valence-corrected chi connectivity index (χ0v) is 23.9. The number of likely N-dealkylation sites (tertiary alicyclic amines) is 1. The van der Waals surface area contributed by atoms with Crippen LogP contribution >= 0.6 is 11.6 Å². The predicted octanol–water partition coefficient (Wildman–Crippen LogP) is 4.02. The summed E-state index contributed by atoms with van der Waals surface area (Å²) in [6, 6.07) is 11.3. The highest BCUT2D eigenvalue weighted by molar-refractivity contribution is 7.86. The molecule has 13 heteroatoms. The summed E-state index contributed by atoms with van der Waals surface area (Å²) in [4.78, 5) is 28.0. The van der Waals surface area contributed by atoms with Gasteiger partial charge in [0.15, 0.2) is 0 Å². The molecule has 1 unspecified atom stereocenters. The largest absolute Gasteiger partial charge is 0.416 e. The predicted molar refractivity (Wildman–Crippen MR) is 147 cm³/mol. The Balaban J connectivity index is 1.16. The standard InChI is InChI=1S/C28H32ClF3N4O4S/c29-24-6-1-4-20(14-24)22-17-35(18-22)41(39,40)34-12-2-5-21(16-34)27(38)36-13-3-7-25(36)26(37)33-15-19-8-10-23(11-9-19)28(30,31)32/h1,4,6,8-11,14,21-22,25H,2-3,5,7,12-13,15-18H2,(H,33,37)/t21?,25-/m1/s1. The molecule has 2 amide bonds. The number of carbonyl (C=O) groups is 2. The summed E-state index contributed by atoms with van der Waals surface area (Å²) in [7, 11) is -3.73. The minimum Gasteiger partial charge on any atom is -0.350 e. The third kappa shape index (κ3) is 6.55. The molecule has 3 saturated heterocycles. The van der Waals surface area contributed by atoms with Gasteiger partial charge in [-0.25, -0.2) is 0 Å². The highest BCUT2D eigenvalue weighted by Crippen LogP contribution is 2.34. The Morgan fingerprint density at radius 2 is 1.66 bits per heavy atom. The van der Waals surface area contributed by atoms with E-state index in [0.29, 0.717) is 62.4 Å². The fourth-order valence-electron chi connectivity index (χ4n) is 5.77. The molecular formula is C28H32ClF3N4O4S. The molecule has 3 heterocycles. The average molecular weight is 613 g/mol. The van der Waals surface area contributed by atoms with E-state index in [1.54, 1.807) is 6.07 Å². The summed E-state index contributed by atoms with van der Waals surface area (Å²) in [6.45, 7) is 1.54. The van der Waals surface area contributed by atoms with Crippen LogP contribution in [0.4, 0.5) is 13.2 Å². The number of piperidine rings is 1. The minimum atomic E-state index is -4.44. The second-order valence-electron chi connectivity index (χ2n) is 10.9. The van der Waals surface area contributed by atoms with Crippen molar-refractivity contribution < 1.29 is 31.2 Å². The minimum absolute atomic E-state index is 0.0387. The second kappa shape index (κ2) is 11.9. The molecule has 5 rings (SSSR count). The fraction of sp³-hybridized carbons (Fsp3) is 0.500. The van der Waals surface area contributed by atoms with Crippen LogP contribution in [0, 0.1) is 5.92 Å². The Labute approximate surface area is 242 Å². The molecule has 0 aromatic heterocycles. The maximum Gasteiger partial charge on any atom is 0.416 e. The van der Waals surface area contributed by atoms with E-state index < -0.39 is 33.9 Å². The zero-order valence-electron chi connectivity index (χ0n) is 22.3. The fourth-order valence-corrected chi connectivity index (χ4v) is 7.76. The van der Waals surface area contributed by atoms with E-state index >= 15 is 0 Å². The van der Waals surface area contributed by atoms with Gasteiger partial charge in [-0.05, 0) is 61.1 Å². The molecule has 0 radical (unpaired) electrons. The maximum atomic E-state index is 13.5. The van der Waals surface area contributed by atoms with Crippen molar-refractivity contribution in [2.75, 3.05) is 32.7 Å².